The first-order valence-corrected chi connectivity index (χ1v) is 6.90. The molecule has 5 heteroatoms. The largest absolute Gasteiger partial charge is 0.497 e. The maximum atomic E-state index is 11.7. The van der Waals surface area contributed by atoms with Gasteiger partial charge in [-0.25, -0.2) is 0 Å². The van der Waals surface area contributed by atoms with Crippen molar-refractivity contribution in [2.75, 3.05) is 39.2 Å². The van der Waals surface area contributed by atoms with E-state index in [4.69, 9.17) is 9.47 Å². The number of nitrogens with one attached hydrogen (secondary N) is 2. The summed E-state index contributed by atoms with van der Waals surface area (Å²) in [6.45, 7) is 1.98. The number of anilines is 1. The molecular formula is C15H24N2O3. The maximum absolute atomic E-state index is 11.7. The van der Waals surface area contributed by atoms with Crippen molar-refractivity contribution in [2.24, 2.45) is 0 Å². The van der Waals surface area contributed by atoms with Crippen LogP contribution in [0.2, 0.25) is 0 Å². The summed E-state index contributed by atoms with van der Waals surface area (Å²) in [6, 6.07) is 7.28. The van der Waals surface area contributed by atoms with Crippen LogP contribution in [-0.2, 0) is 9.53 Å². The van der Waals surface area contributed by atoms with Crippen LogP contribution in [0.25, 0.3) is 0 Å². The van der Waals surface area contributed by atoms with E-state index in [1.807, 2.05) is 24.3 Å². The van der Waals surface area contributed by atoms with Gasteiger partial charge in [0.25, 0.3) is 0 Å². The maximum Gasteiger partial charge on any atom is 0.238 e. The smallest absolute Gasteiger partial charge is 0.238 e. The number of hydrogen-bond donors (Lipinski definition) is 2. The molecule has 20 heavy (non-hydrogen) atoms. The fraction of sp³-hybridized carbons (Fsp3) is 0.533. The van der Waals surface area contributed by atoms with Crippen molar-refractivity contribution in [1.82, 2.24) is 5.32 Å². The second-order valence-electron chi connectivity index (χ2n) is 4.51. The molecule has 112 valence electrons. The molecule has 0 fully saturated rings. The van der Waals surface area contributed by atoms with Crippen LogP contribution in [0.1, 0.15) is 19.3 Å². The Hall–Kier alpha value is -1.59. The molecule has 2 N–H and O–H groups in total. The Morgan fingerprint density at radius 1 is 1.10 bits per heavy atom. The van der Waals surface area contributed by atoms with Crippen molar-refractivity contribution in [2.45, 2.75) is 19.3 Å². The van der Waals surface area contributed by atoms with Crippen LogP contribution >= 0.6 is 0 Å². The van der Waals surface area contributed by atoms with Gasteiger partial charge in [-0.05, 0) is 50.1 Å². The summed E-state index contributed by atoms with van der Waals surface area (Å²) in [5, 5.41) is 5.95. The minimum atomic E-state index is -0.0351. The van der Waals surface area contributed by atoms with Crippen LogP contribution in [-0.4, -0.2) is 39.8 Å². The normalized spacial score (nSPS) is 10.3. The first kappa shape index (κ1) is 16.5. The fourth-order valence-corrected chi connectivity index (χ4v) is 1.75. The number of unbranched alkanes of at least 4 members (excludes halogenated alkanes) is 2. The molecule has 0 aliphatic carbocycles. The van der Waals surface area contributed by atoms with E-state index in [-0.39, 0.29) is 5.91 Å². The van der Waals surface area contributed by atoms with E-state index in [0.717, 1.165) is 43.9 Å². The molecular weight excluding hydrogens is 256 g/mol. The van der Waals surface area contributed by atoms with Crippen LogP contribution in [0.15, 0.2) is 24.3 Å². The summed E-state index contributed by atoms with van der Waals surface area (Å²) in [4.78, 5) is 11.7. The van der Waals surface area contributed by atoms with Crippen LogP contribution in [0, 0.1) is 0 Å². The molecule has 0 spiro atoms. The molecule has 0 radical (unpaired) electrons. The molecule has 0 aliphatic rings. The summed E-state index contributed by atoms with van der Waals surface area (Å²) in [7, 11) is 3.33. The highest BCUT2D eigenvalue weighted by atomic mass is 16.5. The lowest BCUT2D eigenvalue weighted by molar-refractivity contribution is -0.115. The zero-order chi connectivity index (χ0) is 14.6. The summed E-state index contributed by atoms with van der Waals surface area (Å²) < 4.78 is 10.0. The highest BCUT2D eigenvalue weighted by molar-refractivity contribution is 5.92. The van der Waals surface area contributed by atoms with Crippen molar-refractivity contribution in [3.63, 3.8) is 0 Å². The molecule has 0 aromatic heterocycles. The lowest BCUT2D eigenvalue weighted by Gasteiger charge is -2.07. The van der Waals surface area contributed by atoms with Crippen LogP contribution < -0.4 is 15.4 Å². The van der Waals surface area contributed by atoms with Crippen molar-refractivity contribution in [3.8, 4) is 5.75 Å². The van der Waals surface area contributed by atoms with E-state index in [1.54, 1.807) is 14.2 Å². The number of amides is 1. The Bertz CT molecular complexity index is 379. The molecule has 0 saturated carbocycles. The van der Waals surface area contributed by atoms with Gasteiger partial charge in [-0.2, -0.15) is 0 Å². The monoisotopic (exact) mass is 280 g/mol. The molecule has 5 nitrogen and oxygen atoms in total. The minimum absolute atomic E-state index is 0.0351. The minimum Gasteiger partial charge on any atom is -0.497 e. The predicted molar refractivity (Wildman–Crippen MR) is 80.2 cm³/mol. The Morgan fingerprint density at radius 2 is 1.85 bits per heavy atom. The molecule has 1 aromatic carbocycles. The van der Waals surface area contributed by atoms with Gasteiger partial charge in [0.1, 0.15) is 5.75 Å². The molecule has 0 aliphatic heterocycles. The second-order valence-corrected chi connectivity index (χ2v) is 4.51. The Balaban J connectivity index is 2.10. The quantitative estimate of drug-likeness (QED) is 0.644. The molecule has 0 atom stereocenters. The van der Waals surface area contributed by atoms with E-state index < -0.39 is 0 Å². The van der Waals surface area contributed by atoms with Crippen LogP contribution in [0.4, 0.5) is 5.69 Å². The lowest BCUT2D eigenvalue weighted by atomic mass is 10.2. The molecule has 1 amide bonds. The fourth-order valence-electron chi connectivity index (χ4n) is 1.75. The highest BCUT2D eigenvalue weighted by Gasteiger charge is 2.01. The molecule has 1 aromatic rings. The van der Waals surface area contributed by atoms with Gasteiger partial charge in [0.2, 0.25) is 5.91 Å². The number of hydrogen-bond acceptors (Lipinski definition) is 4. The third-order valence-electron chi connectivity index (χ3n) is 2.86. The third kappa shape index (κ3) is 7.11. The molecule has 0 bridgehead atoms. The Labute approximate surface area is 120 Å². The Kier molecular flexibility index (Phi) is 8.42. The molecule has 1 rings (SSSR count). The summed E-state index contributed by atoms with van der Waals surface area (Å²) in [5.41, 5.74) is 0.776. The van der Waals surface area contributed by atoms with Crippen LogP contribution in [0.5, 0.6) is 5.75 Å². The van der Waals surface area contributed by atoms with E-state index in [1.165, 1.54) is 0 Å². The summed E-state index contributed by atoms with van der Waals surface area (Å²) >= 11 is 0. The van der Waals surface area contributed by atoms with Gasteiger partial charge in [-0.15, -0.1) is 0 Å². The number of carbonyl (C=O) groups is 1. The topological polar surface area (TPSA) is 59.6 Å². The molecule has 0 heterocycles. The van der Waals surface area contributed by atoms with E-state index in [9.17, 15) is 4.79 Å². The number of benzene rings is 1. The lowest BCUT2D eigenvalue weighted by Crippen LogP contribution is -2.28. The van der Waals surface area contributed by atoms with Gasteiger partial charge in [0.05, 0.1) is 13.7 Å². The third-order valence-corrected chi connectivity index (χ3v) is 2.86. The van der Waals surface area contributed by atoms with Gasteiger partial charge >= 0.3 is 0 Å². The van der Waals surface area contributed by atoms with Crippen molar-refractivity contribution in [3.05, 3.63) is 24.3 Å². The van der Waals surface area contributed by atoms with Crippen LogP contribution in [0.3, 0.4) is 0 Å². The average Bonchev–Trinajstić information content (AvgIpc) is 2.47. The van der Waals surface area contributed by atoms with E-state index in [2.05, 4.69) is 10.6 Å². The molecule has 0 unspecified atom stereocenters. The summed E-state index contributed by atoms with van der Waals surface area (Å²) in [6.07, 6.45) is 3.23. The SMILES string of the molecule is COCCCCCNCC(=O)Nc1ccc(OC)cc1. The van der Waals surface area contributed by atoms with E-state index in [0.29, 0.717) is 6.54 Å². The number of methoxy groups -OCH3 is 2. The van der Waals surface area contributed by atoms with Gasteiger partial charge in [-0.3, -0.25) is 4.79 Å². The van der Waals surface area contributed by atoms with Gasteiger partial charge in [-0.1, -0.05) is 0 Å². The van der Waals surface area contributed by atoms with Crippen molar-refractivity contribution >= 4 is 11.6 Å². The zero-order valence-electron chi connectivity index (χ0n) is 12.3. The molecule has 0 saturated heterocycles. The van der Waals surface area contributed by atoms with E-state index >= 15 is 0 Å². The van der Waals surface area contributed by atoms with Crippen molar-refractivity contribution in [1.29, 1.82) is 0 Å². The first-order chi connectivity index (χ1) is 9.76. The zero-order valence-corrected chi connectivity index (χ0v) is 12.3. The van der Waals surface area contributed by atoms with Gasteiger partial charge < -0.3 is 20.1 Å². The highest BCUT2D eigenvalue weighted by Crippen LogP contribution is 2.14. The van der Waals surface area contributed by atoms with Gasteiger partial charge in [0.15, 0.2) is 0 Å². The number of ether oxygens (including phenoxy) is 2. The van der Waals surface area contributed by atoms with Crippen molar-refractivity contribution < 1.29 is 14.3 Å². The average molecular weight is 280 g/mol. The van der Waals surface area contributed by atoms with Gasteiger partial charge in [0, 0.05) is 19.4 Å². The first-order valence-electron chi connectivity index (χ1n) is 6.90. The number of rotatable bonds is 10. The summed E-state index contributed by atoms with van der Waals surface area (Å²) in [5.74, 6) is 0.740. The predicted octanol–water partition coefficient (Wildman–Crippen LogP) is 2.04. The number of carbonyl (C=O) groups excluding carboxylic acids is 1. The standard InChI is InChI=1S/C15H24N2O3/c1-19-11-5-3-4-10-16-12-15(18)17-13-6-8-14(20-2)9-7-13/h6-9,16H,3-5,10-12H2,1-2H3,(H,17,18). The Morgan fingerprint density at radius 3 is 2.50 bits per heavy atom. The second kappa shape index (κ2) is 10.2.